The van der Waals surface area contributed by atoms with Gasteiger partial charge in [0.05, 0.1) is 22.9 Å². The van der Waals surface area contributed by atoms with Crippen LogP contribution >= 0.6 is 22.9 Å². The highest BCUT2D eigenvalue weighted by molar-refractivity contribution is 7.16. The molecule has 3 nitrogen and oxygen atoms in total. The molecule has 0 aromatic carbocycles. The van der Waals surface area contributed by atoms with E-state index >= 15 is 0 Å². The van der Waals surface area contributed by atoms with Gasteiger partial charge >= 0.3 is 0 Å². The maximum atomic E-state index is 5.87. The Kier molecular flexibility index (Phi) is 3.09. The highest BCUT2D eigenvalue weighted by Crippen LogP contribution is 2.23. The van der Waals surface area contributed by atoms with Crippen molar-refractivity contribution in [3.8, 4) is 0 Å². The molecule has 0 radical (unpaired) electrons. The van der Waals surface area contributed by atoms with E-state index in [-0.39, 0.29) is 6.04 Å². The van der Waals surface area contributed by atoms with Gasteiger partial charge in [-0.25, -0.2) is 4.98 Å². The smallest absolute Gasteiger partial charge is 0.0952 e. The SMILES string of the molecule is C[C@H](N)c1cncn1Cc1ccc(Cl)s1. The van der Waals surface area contributed by atoms with E-state index in [9.17, 15) is 0 Å². The van der Waals surface area contributed by atoms with Crippen LogP contribution in [0.15, 0.2) is 24.7 Å². The molecule has 0 fully saturated rings. The number of nitrogens with zero attached hydrogens (tertiary/aromatic N) is 2. The molecule has 0 saturated heterocycles. The molecule has 2 heterocycles. The summed E-state index contributed by atoms with van der Waals surface area (Å²) in [7, 11) is 0. The summed E-state index contributed by atoms with van der Waals surface area (Å²) in [5.74, 6) is 0. The first kappa shape index (κ1) is 10.7. The molecule has 15 heavy (non-hydrogen) atoms. The number of nitrogens with two attached hydrogens (primary N) is 1. The van der Waals surface area contributed by atoms with Gasteiger partial charge in [0.15, 0.2) is 0 Å². The topological polar surface area (TPSA) is 43.8 Å². The van der Waals surface area contributed by atoms with Crippen molar-refractivity contribution >= 4 is 22.9 Å². The standard InChI is InChI=1S/C10H12ClN3S/c1-7(12)9-4-13-6-14(9)5-8-2-3-10(11)15-8/h2-4,6-7H,5,12H2,1H3/t7-/m0/s1. The van der Waals surface area contributed by atoms with E-state index in [0.717, 1.165) is 16.6 Å². The molecule has 2 rings (SSSR count). The predicted molar refractivity (Wildman–Crippen MR) is 63.3 cm³/mol. The van der Waals surface area contributed by atoms with Gasteiger partial charge in [-0.2, -0.15) is 0 Å². The second kappa shape index (κ2) is 4.35. The lowest BCUT2D eigenvalue weighted by molar-refractivity contribution is 0.679. The highest BCUT2D eigenvalue weighted by atomic mass is 35.5. The number of hydrogen-bond acceptors (Lipinski definition) is 3. The van der Waals surface area contributed by atoms with Gasteiger partial charge in [0.25, 0.3) is 0 Å². The van der Waals surface area contributed by atoms with Crippen molar-refractivity contribution in [2.75, 3.05) is 0 Å². The van der Waals surface area contributed by atoms with Crippen molar-refractivity contribution in [2.24, 2.45) is 5.73 Å². The Balaban J connectivity index is 2.20. The lowest BCUT2D eigenvalue weighted by Crippen LogP contribution is -2.11. The van der Waals surface area contributed by atoms with Gasteiger partial charge in [0.1, 0.15) is 0 Å². The van der Waals surface area contributed by atoms with Crippen molar-refractivity contribution < 1.29 is 0 Å². The molecule has 0 aliphatic rings. The van der Waals surface area contributed by atoms with Gasteiger partial charge in [-0.15, -0.1) is 11.3 Å². The van der Waals surface area contributed by atoms with Crippen molar-refractivity contribution in [3.63, 3.8) is 0 Å². The molecular formula is C10H12ClN3S. The van der Waals surface area contributed by atoms with Crippen LogP contribution in [0.3, 0.4) is 0 Å². The van der Waals surface area contributed by atoms with E-state index < -0.39 is 0 Å². The van der Waals surface area contributed by atoms with E-state index in [4.69, 9.17) is 17.3 Å². The van der Waals surface area contributed by atoms with Crippen LogP contribution in [0.2, 0.25) is 4.34 Å². The number of hydrogen-bond donors (Lipinski definition) is 1. The summed E-state index contributed by atoms with van der Waals surface area (Å²) in [6.07, 6.45) is 3.60. The van der Waals surface area contributed by atoms with E-state index in [2.05, 4.69) is 4.98 Å². The van der Waals surface area contributed by atoms with Crippen molar-refractivity contribution in [1.82, 2.24) is 9.55 Å². The summed E-state index contributed by atoms with van der Waals surface area (Å²) in [4.78, 5) is 5.31. The monoisotopic (exact) mass is 241 g/mol. The number of halogens is 1. The van der Waals surface area contributed by atoms with Crippen LogP contribution in [0.4, 0.5) is 0 Å². The van der Waals surface area contributed by atoms with E-state index in [1.54, 1.807) is 23.9 Å². The summed E-state index contributed by atoms with van der Waals surface area (Å²) in [5, 5.41) is 0. The second-order valence-electron chi connectivity index (χ2n) is 3.44. The van der Waals surface area contributed by atoms with Gasteiger partial charge in [0.2, 0.25) is 0 Å². The molecule has 2 N–H and O–H groups in total. The molecule has 2 aromatic heterocycles. The van der Waals surface area contributed by atoms with Crippen LogP contribution in [0, 0.1) is 0 Å². The van der Waals surface area contributed by atoms with Gasteiger partial charge < -0.3 is 10.3 Å². The lowest BCUT2D eigenvalue weighted by atomic mass is 10.2. The minimum Gasteiger partial charge on any atom is -0.328 e. The largest absolute Gasteiger partial charge is 0.328 e. The van der Waals surface area contributed by atoms with E-state index in [1.165, 1.54) is 4.88 Å². The fourth-order valence-electron chi connectivity index (χ4n) is 1.45. The first-order valence-corrected chi connectivity index (χ1v) is 5.86. The van der Waals surface area contributed by atoms with Crippen LogP contribution in [-0.2, 0) is 6.54 Å². The molecule has 5 heteroatoms. The minimum absolute atomic E-state index is 0.00272. The molecule has 0 saturated carbocycles. The third-order valence-electron chi connectivity index (χ3n) is 2.17. The van der Waals surface area contributed by atoms with Gasteiger partial charge in [-0.1, -0.05) is 11.6 Å². The zero-order valence-corrected chi connectivity index (χ0v) is 9.92. The Hall–Kier alpha value is -0.840. The fourth-order valence-corrected chi connectivity index (χ4v) is 2.53. The molecule has 1 atom stereocenters. The van der Waals surface area contributed by atoms with E-state index in [1.807, 2.05) is 23.6 Å². The maximum absolute atomic E-state index is 5.87. The number of rotatable bonds is 3. The Bertz CT molecular complexity index is 447. The van der Waals surface area contributed by atoms with Crippen LogP contribution < -0.4 is 5.73 Å². The molecule has 0 unspecified atom stereocenters. The molecule has 0 bridgehead atoms. The Morgan fingerprint density at radius 1 is 1.60 bits per heavy atom. The molecule has 80 valence electrons. The van der Waals surface area contributed by atoms with Crippen molar-refractivity contribution in [1.29, 1.82) is 0 Å². The Labute approximate surface area is 97.5 Å². The maximum Gasteiger partial charge on any atom is 0.0952 e. The summed E-state index contributed by atoms with van der Waals surface area (Å²) < 4.78 is 2.86. The zero-order valence-electron chi connectivity index (χ0n) is 8.35. The summed E-state index contributed by atoms with van der Waals surface area (Å²) in [6, 6.07) is 3.94. The summed E-state index contributed by atoms with van der Waals surface area (Å²) in [5.41, 5.74) is 6.88. The van der Waals surface area contributed by atoms with E-state index in [0.29, 0.717) is 0 Å². The lowest BCUT2D eigenvalue weighted by Gasteiger charge is -2.09. The average Bonchev–Trinajstić information content (AvgIpc) is 2.75. The third kappa shape index (κ3) is 2.40. The second-order valence-corrected chi connectivity index (χ2v) is 5.24. The summed E-state index contributed by atoms with van der Waals surface area (Å²) >= 11 is 7.45. The van der Waals surface area contributed by atoms with Crippen LogP contribution in [-0.4, -0.2) is 9.55 Å². The minimum atomic E-state index is 0.00272. The number of aromatic nitrogens is 2. The highest BCUT2D eigenvalue weighted by Gasteiger charge is 2.07. The van der Waals surface area contributed by atoms with Crippen LogP contribution in [0.5, 0.6) is 0 Å². The molecule has 0 aliphatic carbocycles. The van der Waals surface area contributed by atoms with Gasteiger partial charge in [-0.3, -0.25) is 0 Å². The number of thiophene rings is 1. The molecule has 0 amide bonds. The Morgan fingerprint density at radius 3 is 3.00 bits per heavy atom. The van der Waals surface area contributed by atoms with Crippen LogP contribution in [0.25, 0.3) is 0 Å². The first-order valence-electron chi connectivity index (χ1n) is 4.66. The molecule has 0 spiro atoms. The molecule has 0 aliphatic heterocycles. The average molecular weight is 242 g/mol. The fraction of sp³-hybridized carbons (Fsp3) is 0.300. The van der Waals surface area contributed by atoms with Gasteiger partial charge in [0, 0.05) is 17.1 Å². The molecular weight excluding hydrogens is 230 g/mol. The van der Waals surface area contributed by atoms with Gasteiger partial charge in [-0.05, 0) is 19.1 Å². The summed E-state index contributed by atoms with van der Waals surface area (Å²) in [6.45, 7) is 2.74. The van der Waals surface area contributed by atoms with Crippen LogP contribution in [0.1, 0.15) is 23.5 Å². The number of imidazole rings is 1. The predicted octanol–water partition coefficient (Wildman–Crippen LogP) is 2.67. The van der Waals surface area contributed by atoms with Crippen molar-refractivity contribution in [3.05, 3.63) is 39.6 Å². The molecule has 2 aromatic rings. The normalized spacial score (nSPS) is 13.0. The quantitative estimate of drug-likeness (QED) is 0.898. The first-order chi connectivity index (χ1) is 7.16. The zero-order chi connectivity index (χ0) is 10.8. The van der Waals surface area contributed by atoms with Crippen molar-refractivity contribution in [2.45, 2.75) is 19.5 Å². The Morgan fingerprint density at radius 2 is 2.40 bits per heavy atom. The third-order valence-corrected chi connectivity index (χ3v) is 3.38.